The molecule has 0 saturated carbocycles. The number of hydrogen-bond acceptors (Lipinski definition) is 6. The van der Waals surface area contributed by atoms with Crippen molar-refractivity contribution in [3.8, 4) is 11.4 Å². The maximum absolute atomic E-state index is 13.0. The average Bonchev–Trinajstić information content (AvgIpc) is 3.07. The highest BCUT2D eigenvalue weighted by Crippen LogP contribution is 2.32. The van der Waals surface area contributed by atoms with Crippen molar-refractivity contribution in [2.75, 3.05) is 18.9 Å². The summed E-state index contributed by atoms with van der Waals surface area (Å²) in [6.45, 7) is 6.93. The molecule has 2 N–H and O–H groups in total. The van der Waals surface area contributed by atoms with Crippen molar-refractivity contribution < 1.29 is 14.3 Å². The number of carbonyl (C=O) groups excluding carboxylic acids is 1. The van der Waals surface area contributed by atoms with Crippen LogP contribution in [0.3, 0.4) is 0 Å². The van der Waals surface area contributed by atoms with E-state index in [9.17, 15) is 4.79 Å². The van der Waals surface area contributed by atoms with Crippen molar-refractivity contribution in [1.82, 2.24) is 14.5 Å². The largest absolute Gasteiger partial charge is 0.494 e. The summed E-state index contributed by atoms with van der Waals surface area (Å²) in [7, 11) is 0. The lowest BCUT2D eigenvalue weighted by Gasteiger charge is -2.10. The molecule has 160 valence electrons. The summed E-state index contributed by atoms with van der Waals surface area (Å²) in [5, 5.41) is 0. The molecule has 4 aromatic rings. The van der Waals surface area contributed by atoms with Gasteiger partial charge in [-0.1, -0.05) is 32.4 Å². The summed E-state index contributed by atoms with van der Waals surface area (Å²) in [5.74, 6) is 0.781. The molecule has 0 amide bonds. The van der Waals surface area contributed by atoms with Crippen LogP contribution in [-0.2, 0) is 4.74 Å². The number of fused-ring (bicyclic) bond motifs is 2. The van der Waals surface area contributed by atoms with Crippen LogP contribution in [0, 0.1) is 5.92 Å². The lowest BCUT2D eigenvalue weighted by atomic mass is 10.1. The van der Waals surface area contributed by atoms with E-state index < -0.39 is 5.97 Å². The molecule has 2 aromatic carbocycles. The molecule has 0 bridgehead atoms. The highest BCUT2D eigenvalue weighted by molar-refractivity contribution is 6.09. The molecular formula is C24H26N4O3. The number of rotatable bonds is 7. The summed E-state index contributed by atoms with van der Waals surface area (Å²) < 4.78 is 12.8. The van der Waals surface area contributed by atoms with E-state index in [0.717, 1.165) is 23.4 Å². The predicted molar refractivity (Wildman–Crippen MR) is 122 cm³/mol. The fourth-order valence-corrected chi connectivity index (χ4v) is 3.39. The minimum Gasteiger partial charge on any atom is -0.494 e. The number of nitrogens with zero attached hydrogens (tertiary/aromatic N) is 3. The van der Waals surface area contributed by atoms with Gasteiger partial charge >= 0.3 is 5.97 Å². The Bertz CT molecular complexity index is 1230. The van der Waals surface area contributed by atoms with Gasteiger partial charge < -0.3 is 15.2 Å². The molecule has 7 nitrogen and oxygen atoms in total. The number of nitrogen functional groups attached to an aromatic ring is 1. The van der Waals surface area contributed by atoms with Crippen LogP contribution in [0.4, 0.5) is 5.82 Å². The first-order chi connectivity index (χ1) is 15.0. The second kappa shape index (κ2) is 8.63. The molecule has 0 radical (unpaired) electrons. The zero-order chi connectivity index (χ0) is 22.0. The molecule has 0 saturated heterocycles. The third kappa shape index (κ3) is 3.91. The molecular weight excluding hydrogens is 392 g/mol. The normalized spacial score (nSPS) is 12.2. The molecule has 0 spiro atoms. The van der Waals surface area contributed by atoms with Gasteiger partial charge in [0.05, 0.1) is 24.2 Å². The lowest BCUT2D eigenvalue weighted by molar-refractivity contribution is 0.0450. The Morgan fingerprint density at radius 1 is 1.06 bits per heavy atom. The molecule has 2 heterocycles. The quantitative estimate of drug-likeness (QED) is 0.435. The fourth-order valence-electron chi connectivity index (χ4n) is 3.39. The zero-order valence-corrected chi connectivity index (χ0v) is 18.0. The topological polar surface area (TPSA) is 92.3 Å². The van der Waals surface area contributed by atoms with Crippen molar-refractivity contribution in [2.24, 2.45) is 5.92 Å². The van der Waals surface area contributed by atoms with E-state index >= 15 is 0 Å². The lowest BCUT2D eigenvalue weighted by Crippen LogP contribution is -2.13. The van der Waals surface area contributed by atoms with Gasteiger partial charge in [-0.3, -0.25) is 4.57 Å². The molecule has 1 atom stereocenters. The number of esters is 1. The third-order valence-corrected chi connectivity index (χ3v) is 5.30. The first-order valence-corrected chi connectivity index (χ1v) is 10.5. The van der Waals surface area contributed by atoms with Crippen LogP contribution in [0.25, 0.3) is 27.9 Å². The molecule has 0 aliphatic rings. The number of benzene rings is 2. The van der Waals surface area contributed by atoms with Crippen molar-refractivity contribution in [1.29, 1.82) is 0 Å². The summed E-state index contributed by atoms with van der Waals surface area (Å²) in [4.78, 5) is 22.5. The molecule has 0 fully saturated rings. The smallest absolute Gasteiger partial charge is 0.344 e. The summed E-state index contributed by atoms with van der Waals surface area (Å²) in [5.41, 5.74) is 9.85. The van der Waals surface area contributed by atoms with Crippen LogP contribution in [0.5, 0.6) is 5.75 Å². The van der Waals surface area contributed by atoms with Crippen LogP contribution in [-0.4, -0.2) is 33.7 Å². The van der Waals surface area contributed by atoms with Crippen molar-refractivity contribution in [3.63, 3.8) is 0 Å². The molecule has 4 rings (SSSR count). The Morgan fingerprint density at radius 2 is 1.74 bits per heavy atom. The van der Waals surface area contributed by atoms with Crippen molar-refractivity contribution in [3.05, 3.63) is 54.1 Å². The van der Waals surface area contributed by atoms with E-state index in [1.165, 1.54) is 0 Å². The number of nitrogens with two attached hydrogens (primary N) is 1. The number of aromatic nitrogens is 3. The Morgan fingerprint density at radius 3 is 2.39 bits per heavy atom. The molecule has 0 aliphatic carbocycles. The second-order valence-electron chi connectivity index (χ2n) is 7.52. The highest BCUT2D eigenvalue weighted by Gasteiger charge is 2.26. The van der Waals surface area contributed by atoms with Crippen LogP contribution >= 0.6 is 0 Å². The van der Waals surface area contributed by atoms with E-state index in [1.807, 2.05) is 62.4 Å². The molecule has 7 heteroatoms. The first kappa shape index (κ1) is 20.7. The summed E-state index contributed by atoms with van der Waals surface area (Å²) in [6.07, 6.45) is 0.918. The van der Waals surface area contributed by atoms with Crippen LogP contribution in [0.1, 0.15) is 37.6 Å². The summed E-state index contributed by atoms with van der Waals surface area (Å²) >= 11 is 0. The van der Waals surface area contributed by atoms with Crippen LogP contribution in [0.2, 0.25) is 0 Å². The third-order valence-electron chi connectivity index (χ3n) is 5.30. The number of ether oxygens (including phenoxy) is 2. The number of para-hydroxylation sites is 2. The van der Waals surface area contributed by atoms with Gasteiger partial charge in [-0.2, -0.15) is 0 Å². The van der Waals surface area contributed by atoms with Crippen molar-refractivity contribution >= 4 is 34.0 Å². The first-order valence-electron chi connectivity index (χ1n) is 10.5. The monoisotopic (exact) mass is 418 g/mol. The minimum absolute atomic E-state index is 0.241. The molecule has 0 unspecified atom stereocenters. The van der Waals surface area contributed by atoms with Crippen LogP contribution in [0.15, 0.2) is 48.5 Å². The van der Waals surface area contributed by atoms with E-state index in [2.05, 4.69) is 6.92 Å². The molecule has 31 heavy (non-hydrogen) atoms. The van der Waals surface area contributed by atoms with Gasteiger partial charge in [-0.05, 0) is 49.2 Å². The predicted octanol–water partition coefficient (Wildman–Crippen LogP) is 4.76. The van der Waals surface area contributed by atoms with E-state index in [4.69, 9.17) is 25.2 Å². The Labute approximate surface area is 180 Å². The average molecular weight is 418 g/mol. The maximum atomic E-state index is 13.0. The SMILES string of the molecule is CCOc1ccc(-n2c(N)c(C(=O)OC[C@H](C)CC)c3nc4ccccc4nc32)cc1. The maximum Gasteiger partial charge on any atom is 0.344 e. The zero-order valence-electron chi connectivity index (χ0n) is 18.0. The van der Waals surface area contributed by atoms with Gasteiger partial charge in [-0.25, -0.2) is 14.8 Å². The van der Waals surface area contributed by atoms with E-state index in [1.54, 1.807) is 4.57 Å². The highest BCUT2D eigenvalue weighted by atomic mass is 16.5. The van der Waals surface area contributed by atoms with Gasteiger partial charge in [-0.15, -0.1) is 0 Å². The number of anilines is 1. The molecule has 0 aliphatic heterocycles. The van der Waals surface area contributed by atoms with Crippen LogP contribution < -0.4 is 10.5 Å². The van der Waals surface area contributed by atoms with Gasteiger partial charge in [0.25, 0.3) is 0 Å². The van der Waals surface area contributed by atoms with Gasteiger partial charge in [0.15, 0.2) is 5.65 Å². The van der Waals surface area contributed by atoms with Gasteiger partial charge in [0.1, 0.15) is 22.6 Å². The Kier molecular flexibility index (Phi) is 5.75. The molecule has 2 aromatic heterocycles. The Hall–Kier alpha value is -3.61. The minimum atomic E-state index is -0.489. The Balaban J connectivity index is 1.89. The van der Waals surface area contributed by atoms with Gasteiger partial charge in [0, 0.05) is 5.69 Å². The number of hydrogen-bond donors (Lipinski definition) is 1. The van der Waals surface area contributed by atoms with E-state index in [-0.39, 0.29) is 17.3 Å². The van der Waals surface area contributed by atoms with Crippen molar-refractivity contribution in [2.45, 2.75) is 27.2 Å². The second-order valence-corrected chi connectivity index (χ2v) is 7.52. The summed E-state index contributed by atoms with van der Waals surface area (Å²) in [6, 6.07) is 15.0. The number of carbonyl (C=O) groups is 1. The standard InChI is InChI=1S/C24H26N4O3/c1-4-15(3)14-31-24(29)20-21-23(27-19-9-7-6-8-18(19)26-21)28(22(20)25)16-10-12-17(13-11-16)30-5-2/h6-13,15H,4-5,14,25H2,1-3H3/t15-/m1/s1. The van der Waals surface area contributed by atoms with Gasteiger partial charge in [0.2, 0.25) is 0 Å². The fraction of sp³-hybridized carbons (Fsp3) is 0.292. The van der Waals surface area contributed by atoms with E-state index in [0.29, 0.717) is 29.9 Å².